The van der Waals surface area contributed by atoms with Crippen molar-refractivity contribution in [1.82, 2.24) is 15.2 Å². The van der Waals surface area contributed by atoms with E-state index in [2.05, 4.69) is 27.4 Å². The average Bonchev–Trinajstić information content (AvgIpc) is 3.09. The Kier molecular flexibility index (Phi) is 6.21. The van der Waals surface area contributed by atoms with Gasteiger partial charge in [0.25, 0.3) is 5.91 Å². The average molecular weight is 325 g/mol. The highest BCUT2D eigenvalue weighted by Crippen LogP contribution is 2.19. The van der Waals surface area contributed by atoms with Crippen molar-refractivity contribution < 1.29 is 4.79 Å². The minimum Gasteiger partial charge on any atom is -0.330 e. The van der Waals surface area contributed by atoms with Crippen LogP contribution in [-0.2, 0) is 12.8 Å². The Morgan fingerprint density at radius 3 is 2.90 bits per heavy atom. The summed E-state index contributed by atoms with van der Waals surface area (Å²) in [5.74, 6) is -0.245. The number of aryl methyl sites for hydroxylation is 1. The lowest BCUT2D eigenvalue weighted by Crippen LogP contribution is -2.12. The van der Waals surface area contributed by atoms with Gasteiger partial charge in [-0.2, -0.15) is 0 Å². The maximum Gasteiger partial charge on any atom is 0.276 e. The van der Waals surface area contributed by atoms with Crippen molar-refractivity contribution in [3.63, 3.8) is 0 Å². The molecule has 0 fully saturated rings. The maximum absolute atomic E-state index is 12.0. The molecule has 21 heavy (non-hydrogen) atoms. The lowest BCUT2D eigenvalue weighted by Gasteiger charge is -1.96. The minimum absolute atomic E-state index is 0.245. The van der Waals surface area contributed by atoms with Crippen LogP contribution in [0.25, 0.3) is 0 Å². The molecule has 0 radical (unpaired) electrons. The first kappa shape index (κ1) is 16.0. The van der Waals surface area contributed by atoms with Crippen LogP contribution in [0.15, 0.2) is 5.38 Å². The van der Waals surface area contributed by atoms with Gasteiger partial charge in [-0.05, 0) is 13.0 Å². The summed E-state index contributed by atoms with van der Waals surface area (Å²) in [6, 6.07) is 0. The van der Waals surface area contributed by atoms with E-state index in [1.54, 1.807) is 5.38 Å². The number of nitrogens with zero attached hydrogens (tertiary/aromatic N) is 3. The number of unbranched alkanes of at least 4 members (excludes halogenated alkanes) is 2. The summed E-state index contributed by atoms with van der Waals surface area (Å²) < 4.78 is 0. The summed E-state index contributed by atoms with van der Waals surface area (Å²) in [5.41, 5.74) is 5.88. The number of carbonyl (C=O) groups excluding carboxylic acids is 1. The molecule has 2 aromatic heterocycles. The number of rotatable bonds is 8. The second kappa shape index (κ2) is 8.16. The van der Waals surface area contributed by atoms with Crippen LogP contribution in [0.5, 0.6) is 0 Å². The third-order valence-corrected chi connectivity index (χ3v) is 4.63. The van der Waals surface area contributed by atoms with Crippen LogP contribution in [0.4, 0.5) is 5.13 Å². The number of anilines is 1. The fourth-order valence-corrected chi connectivity index (χ4v) is 3.32. The van der Waals surface area contributed by atoms with Gasteiger partial charge in [0.05, 0.1) is 5.01 Å². The van der Waals surface area contributed by atoms with E-state index in [4.69, 9.17) is 5.73 Å². The highest BCUT2D eigenvalue weighted by atomic mass is 32.1. The molecule has 3 N–H and O–H groups in total. The van der Waals surface area contributed by atoms with Gasteiger partial charge >= 0.3 is 0 Å². The SMILES string of the molecule is CCCCCc1nnc(NC(=O)c2csc(CCN)n2)s1. The molecule has 0 aliphatic heterocycles. The number of aromatic nitrogens is 3. The summed E-state index contributed by atoms with van der Waals surface area (Å²) in [6.45, 7) is 2.70. The zero-order valence-corrected chi connectivity index (χ0v) is 13.6. The van der Waals surface area contributed by atoms with Crippen LogP contribution in [0.2, 0.25) is 0 Å². The van der Waals surface area contributed by atoms with Crippen molar-refractivity contribution >= 4 is 33.7 Å². The lowest BCUT2D eigenvalue weighted by atomic mass is 10.2. The Balaban J connectivity index is 1.89. The quantitative estimate of drug-likeness (QED) is 0.727. The van der Waals surface area contributed by atoms with E-state index >= 15 is 0 Å². The van der Waals surface area contributed by atoms with Gasteiger partial charge in [0.15, 0.2) is 0 Å². The summed E-state index contributed by atoms with van der Waals surface area (Å²) >= 11 is 2.87. The Bertz CT molecular complexity index is 581. The van der Waals surface area contributed by atoms with Crippen LogP contribution in [0.3, 0.4) is 0 Å². The van der Waals surface area contributed by atoms with Gasteiger partial charge < -0.3 is 5.73 Å². The Labute approximate surface area is 131 Å². The van der Waals surface area contributed by atoms with Gasteiger partial charge in [0.2, 0.25) is 5.13 Å². The van der Waals surface area contributed by atoms with E-state index in [1.165, 1.54) is 35.5 Å². The number of hydrogen-bond acceptors (Lipinski definition) is 7. The van der Waals surface area contributed by atoms with E-state index in [-0.39, 0.29) is 5.91 Å². The van der Waals surface area contributed by atoms with Crippen molar-refractivity contribution in [2.45, 2.75) is 39.0 Å². The van der Waals surface area contributed by atoms with E-state index in [1.807, 2.05) is 0 Å². The van der Waals surface area contributed by atoms with Gasteiger partial charge in [-0.25, -0.2) is 4.98 Å². The molecular weight excluding hydrogens is 306 g/mol. The number of hydrogen-bond donors (Lipinski definition) is 2. The lowest BCUT2D eigenvalue weighted by molar-refractivity contribution is 0.102. The summed E-state index contributed by atoms with van der Waals surface area (Å²) in [7, 11) is 0. The first-order valence-electron chi connectivity index (χ1n) is 7.01. The van der Waals surface area contributed by atoms with E-state index in [9.17, 15) is 4.79 Å². The fourth-order valence-electron chi connectivity index (χ4n) is 1.75. The first-order valence-corrected chi connectivity index (χ1v) is 8.70. The maximum atomic E-state index is 12.0. The highest BCUT2D eigenvalue weighted by molar-refractivity contribution is 7.15. The van der Waals surface area contributed by atoms with Gasteiger partial charge in [-0.15, -0.1) is 21.5 Å². The molecule has 0 aliphatic rings. The highest BCUT2D eigenvalue weighted by Gasteiger charge is 2.13. The number of amides is 1. The molecule has 2 rings (SSSR count). The largest absolute Gasteiger partial charge is 0.330 e. The van der Waals surface area contributed by atoms with Crippen LogP contribution < -0.4 is 11.1 Å². The van der Waals surface area contributed by atoms with Crippen molar-refractivity contribution in [3.8, 4) is 0 Å². The zero-order valence-electron chi connectivity index (χ0n) is 12.0. The second-order valence-electron chi connectivity index (χ2n) is 4.58. The number of nitrogens with one attached hydrogen (secondary N) is 1. The molecule has 0 bridgehead atoms. The fraction of sp³-hybridized carbons (Fsp3) is 0.538. The van der Waals surface area contributed by atoms with E-state index in [0.717, 1.165) is 22.9 Å². The molecule has 0 aliphatic carbocycles. The van der Waals surface area contributed by atoms with Crippen molar-refractivity contribution in [1.29, 1.82) is 0 Å². The van der Waals surface area contributed by atoms with Crippen LogP contribution in [0, 0.1) is 0 Å². The number of carbonyl (C=O) groups is 1. The van der Waals surface area contributed by atoms with Crippen LogP contribution in [-0.4, -0.2) is 27.6 Å². The standard InChI is InChI=1S/C13H19N5OS2/c1-2-3-4-5-11-17-18-13(21-11)16-12(19)9-8-20-10(15-9)6-7-14/h8H,2-7,14H2,1H3,(H,16,18,19). The topological polar surface area (TPSA) is 93.8 Å². The smallest absolute Gasteiger partial charge is 0.276 e. The molecule has 0 spiro atoms. The van der Waals surface area contributed by atoms with Gasteiger partial charge in [-0.1, -0.05) is 31.1 Å². The van der Waals surface area contributed by atoms with Gasteiger partial charge in [0, 0.05) is 18.2 Å². The molecule has 8 heteroatoms. The van der Waals surface area contributed by atoms with Crippen LogP contribution in [0.1, 0.15) is 46.7 Å². The third-order valence-electron chi connectivity index (χ3n) is 2.82. The summed E-state index contributed by atoms with van der Waals surface area (Å²) in [5, 5.41) is 14.9. The van der Waals surface area contributed by atoms with Crippen molar-refractivity contribution in [2.24, 2.45) is 5.73 Å². The Hall–Kier alpha value is -1.38. The molecule has 0 aromatic carbocycles. The molecule has 114 valence electrons. The Morgan fingerprint density at radius 1 is 1.29 bits per heavy atom. The van der Waals surface area contributed by atoms with Crippen LogP contribution >= 0.6 is 22.7 Å². The summed E-state index contributed by atoms with van der Waals surface area (Å²) in [6.07, 6.45) is 5.08. The monoisotopic (exact) mass is 325 g/mol. The molecule has 2 aromatic rings. The molecule has 0 saturated heterocycles. The minimum atomic E-state index is -0.245. The second-order valence-corrected chi connectivity index (χ2v) is 6.58. The predicted molar refractivity (Wildman–Crippen MR) is 86.0 cm³/mol. The predicted octanol–water partition coefficient (Wildman–Crippen LogP) is 2.48. The van der Waals surface area contributed by atoms with Gasteiger partial charge in [-0.3, -0.25) is 10.1 Å². The number of nitrogens with two attached hydrogens (primary N) is 1. The molecule has 0 saturated carbocycles. The molecular formula is C13H19N5OS2. The molecule has 0 unspecified atom stereocenters. The number of thiazole rings is 1. The van der Waals surface area contributed by atoms with E-state index < -0.39 is 0 Å². The molecule has 0 atom stereocenters. The third kappa shape index (κ3) is 4.83. The first-order chi connectivity index (χ1) is 10.2. The Morgan fingerprint density at radius 2 is 2.14 bits per heavy atom. The van der Waals surface area contributed by atoms with Crippen molar-refractivity contribution in [3.05, 3.63) is 21.1 Å². The molecule has 2 heterocycles. The normalized spacial score (nSPS) is 10.8. The van der Waals surface area contributed by atoms with Gasteiger partial charge in [0.1, 0.15) is 10.7 Å². The zero-order chi connectivity index (χ0) is 15.1. The summed E-state index contributed by atoms with van der Waals surface area (Å²) in [4.78, 5) is 16.3. The molecule has 6 nitrogen and oxygen atoms in total. The van der Waals surface area contributed by atoms with Crippen molar-refractivity contribution in [2.75, 3.05) is 11.9 Å². The van der Waals surface area contributed by atoms with E-state index in [0.29, 0.717) is 23.8 Å². The molecule has 1 amide bonds.